The van der Waals surface area contributed by atoms with Gasteiger partial charge in [-0.3, -0.25) is 14.4 Å². The van der Waals surface area contributed by atoms with Crippen molar-refractivity contribution in [2.24, 2.45) is 0 Å². The van der Waals surface area contributed by atoms with E-state index < -0.39 is 6.10 Å². The highest BCUT2D eigenvalue weighted by Crippen LogP contribution is 2.15. The summed E-state index contributed by atoms with van der Waals surface area (Å²) in [6.07, 6.45) is 56.4. The zero-order valence-corrected chi connectivity index (χ0v) is 38.0. The highest BCUT2D eigenvalue weighted by Gasteiger charge is 2.19. The highest BCUT2D eigenvalue weighted by molar-refractivity contribution is 5.71. The number of carbonyl (C=O) groups is 3. The second kappa shape index (κ2) is 46.8. The summed E-state index contributed by atoms with van der Waals surface area (Å²) in [5.41, 5.74) is 0. The lowest BCUT2D eigenvalue weighted by Crippen LogP contribution is -2.30. The van der Waals surface area contributed by atoms with Gasteiger partial charge in [0.2, 0.25) is 0 Å². The van der Waals surface area contributed by atoms with Crippen molar-refractivity contribution < 1.29 is 28.6 Å². The van der Waals surface area contributed by atoms with Crippen molar-refractivity contribution in [2.45, 2.75) is 239 Å². The third kappa shape index (κ3) is 44.2. The summed E-state index contributed by atoms with van der Waals surface area (Å²) >= 11 is 0. The van der Waals surface area contributed by atoms with Crippen LogP contribution >= 0.6 is 0 Å². The Morgan fingerprint density at radius 2 is 0.776 bits per heavy atom. The third-order valence-electron chi connectivity index (χ3n) is 10.3. The number of hydrogen-bond acceptors (Lipinski definition) is 6. The van der Waals surface area contributed by atoms with Crippen LogP contribution in [0.3, 0.4) is 0 Å². The molecule has 0 aromatic rings. The molecule has 0 aliphatic rings. The number of carbonyl (C=O) groups excluding carboxylic acids is 3. The fraction of sp³-hybridized carbons (Fsp3) is 0.750. The van der Waals surface area contributed by atoms with E-state index in [0.717, 1.165) is 77.0 Å². The van der Waals surface area contributed by atoms with Crippen molar-refractivity contribution in [3.63, 3.8) is 0 Å². The minimum absolute atomic E-state index is 0.0982. The van der Waals surface area contributed by atoms with Gasteiger partial charge in [0.05, 0.1) is 0 Å². The van der Waals surface area contributed by atoms with Crippen LogP contribution in [0.5, 0.6) is 0 Å². The summed E-state index contributed by atoms with van der Waals surface area (Å²) in [4.78, 5) is 37.8. The maximum Gasteiger partial charge on any atom is 0.306 e. The molecule has 0 amide bonds. The molecule has 0 bridgehead atoms. The summed E-state index contributed by atoms with van der Waals surface area (Å²) < 4.78 is 16.7. The molecule has 0 aliphatic heterocycles. The Balaban J connectivity index is 4.46. The van der Waals surface area contributed by atoms with Crippen LogP contribution in [0.15, 0.2) is 60.8 Å². The minimum Gasteiger partial charge on any atom is -0.462 e. The maximum atomic E-state index is 12.7. The van der Waals surface area contributed by atoms with Crippen LogP contribution in [0.2, 0.25) is 0 Å². The predicted molar refractivity (Wildman–Crippen MR) is 247 cm³/mol. The van der Waals surface area contributed by atoms with Gasteiger partial charge in [0, 0.05) is 19.3 Å². The average molecular weight is 811 g/mol. The first-order valence-electron chi connectivity index (χ1n) is 24.3. The van der Waals surface area contributed by atoms with Crippen molar-refractivity contribution in [3.05, 3.63) is 60.8 Å². The van der Waals surface area contributed by atoms with Crippen molar-refractivity contribution >= 4 is 17.9 Å². The fourth-order valence-corrected chi connectivity index (χ4v) is 6.67. The number of unbranched alkanes of at least 4 members (excludes halogenated alkanes) is 24. The van der Waals surface area contributed by atoms with Gasteiger partial charge in [0.25, 0.3) is 0 Å². The Bertz CT molecular complexity index is 1070. The SMILES string of the molecule is CC/C=C/C=C/C=C/CCCCCCCC(=O)OC(COC(=O)CC/C=C/C/C=C/CCCCCCCC)COC(=O)CCCCCCCCCCCCCCCC. The number of rotatable bonds is 43. The first-order chi connectivity index (χ1) is 28.5. The van der Waals surface area contributed by atoms with E-state index in [4.69, 9.17) is 14.2 Å². The van der Waals surface area contributed by atoms with Gasteiger partial charge in [0.1, 0.15) is 13.2 Å². The molecule has 0 fully saturated rings. The minimum atomic E-state index is -0.803. The number of allylic oxidation sites excluding steroid dienone is 10. The normalized spacial score (nSPS) is 12.5. The van der Waals surface area contributed by atoms with E-state index in [1.807, 2.05) is 6.08 Å². The van der Waals surface area contributed by atoms with Gasteiger partial charge in [-0.1, -0.05) is 216 Å². The van der Waals surface area contributed by atoms with Crippen molar-refractivity contribution in [1.29, 1.82) is 0 Å². The molecule has 0 N–H and O–H groups in total. The van der Waals surface area contributed by atoms with Crippen LogP contribution in [0.25, 0.3) is 0 Å². The van der Waals surface area contributed by atoms with Gasteiger partial charge in [-0.15, -0.1) is 0 Å². The summed E-state index contributed by atoms with van der Waals surface area (Å²) in [7, 11) is 0. The van der Waals surface area contributed by atoms with Gasteiger partial charge in [-0.25, -0.2) is 0 Å². The Labute approximate surface area is 358 Å². The molecule has 0 radical (unpaired) electrons. The lowest BCUT2D eigenvalue weighted by Gasteiger charge is -2.18. The van der Waals surface area contributed by atoms with Crippen LogP contribution in [0, 0.1) is 0 Å². The molecule has 1 atom stereocenters. The quantitative estimate of drug-likeness (QED) is 0.0201. The number of hydrogen-bond donors (Lipinski definition) is 0. The van der Waals surface area contributed by atoms with Crippen molar-refractivity contribution in [2.75, 3.05) is 13.2 Å². The van der Waals surface area contributed by atoms with Crippen molar-refractivity contribution in [3.8, 4) is 0 Å². The molecular weight excluding hydrogens is 721 g/mol. The van der Waals surface area contributed by atoms with Crippen LogP contribution < -0.4 is 0 Å². The molecule has 0 saturated carbocycles. The third-order valence-corrected chi connectivity index (χ3v) is 10.3. The Hall–Kier alpha value is -2.89. The standard InChI is InChI=1S/C52H90O6/c1-4-7-10-13-16-19-22-25-28-30-33-36-39-42-45-51(54)57-48-49(58-52(55)46-43-40-37-34-31-27-24-21-18-15-12-9-6-3)47-56-50(53)44-41-38-35-32-29-26-23-20-17-14-11-8-5-2/h9,12,15,18,21,24,26,29,35,38,49H,4-8,10-11,13-14,16-17,19-20,22-23,25,27-28,30-34,36-37,39-48H2,1-3H3/b12-9+,18-15+,24-21+,29-26+,38-35+. The number of esters is 3. The molecule has 0 saturated heterocycles. The van der Waals surface area contributed by atoms with Crippen LogP contribution in [-0.4, -0.2) is 37.2 Å². The van der Waals surface area contributed by atoms with E-state index in [0.29, 0.717) is 19.3 Å². The van der Waals surface area contributed by atoms with Gasteiger partial charge in [0.15, 0.2) is 6.10 Å². The molecular formula is C52H90O6. The molecule has 6 heteroatoms. The van der Waals surface area contributed by atoms with E-state index in [1.165, 1.54) is 109 Å². The van der Waals surface area contributed by atoms with E-state index in [2.05, 4.69) is 75.5 Å². The molecule has 0 heterocycles. The van der Waals surface area contributed by atoms with E-state index in [-0.39, 0.29) is 37.5 Å². The summed E-state index contributed by atoms with van der Waals surface area (Å²) in [5.74, 6) is -0.989. The Morgan fingerprint density at radius 1 is 0.379 bits per heavy atom. The molecule has 334 valence electrons. The van der Waals surface area contributed by atoms with Gasteiger partial charge >= 0.3 is 17.9 Å². The maximum absolute atomic E-state index is 12.7. The van der Waals surface area contributed by atoms with Crippen LogP contribution in [0.4, 0.5) is 0 Å². The van der Waals surface area contributed by atoms with Gasteiger partial charge < -0.3 is 14.2 Å². The lowest BCUT2D eigenvalue weighted by molar-refractivity contribution is -0.166. The van der Waals surface area contributed by atoms with Crippen LogP contribution in [0.1, 0.15) is 233 Å². The number of ether oxygens (including phenoxy) is 3. The predicted octanol–water partition coefficient (Wildman–Crippen LogP) is 15.7. The molecule has 0 aliphatic carbocycles. The Kier molecular flexibility index (Phi) is 44.5. The zero-order valence-electron chi connectivity index (χ0n) is 38.0. The summed E-state index contributed by atoms with van der Waals surface area (Å²) in [6.45, 7) is 6.42. The van der Waals surface area contributed by atoms with E-state index in [9.17, 15) is 14.4 Å². The summed E-state index contributed by atoms with van der Waals surface area (Å²) in [6, 6.07) is 0. The monoisotopic (exact) mass is 811 g/mol. The van der Waals surface area contributed by atoms with Gasteiger partial charge in [-0.05, 0) is 57.8 Å². The molecule has 1 unspecified atom stereocenters. The second-order valence-corrected chi connectivity index (χ2v) is 16.1. The topological polar surface area (TPSA) is 78.9 Å². The first kappa shape index (κ1) is 55.1. The van der Waals surface area contributed by atoms with E-state index in [1.54, 1.807) is 0 Å². The highest BCUT2D eigenvalue weighted by atomic mass is 16.6. The molecule has 0 rings (SSSR count). The molecule has 0 aromatic carbocycles. The van der Waals surface area contributed by atoms with Crippen molar-refractivity contribution in [1.82, 2.24) is 0 Å². The zero-order chi connectivity index (χ0) is 42.3. The molecule has 0 spiro atoms. The van der Waals surface area contributed by atoms with Gasteiger partial charge in [-0.2, -0.15) is 0 Å². The largest absolute Gasteiger partial charge is 0.462 e. The van der Waals surface area contributed by atoms with Crippen LogP contribution in [-0.2, 0) is 28.6 Å². The smallest absolute Gasteiger partial charge is 0.306 e. The molecule has 6 nitrogen and oxygen atoms in total. The fourth-order valence-electron chi connectivity index (χ4n) is 6.67. The second-order valence-electron chi connectivity index (χ2n) is 16.1. The molecule has 0 aromatic heterocycles. The lowest BCUT2D eigenvalue weighted by atomic mass is 10.0. The Morgan fingerprint density at radius 3 is 1.28 bits per heavy atom. The summed E-state index contributed by atoms with van der Waals surface area (Å²) in [5, 5.41) is 0. The van der Waals surface area contributed by atoms with E-state index >= 15 is 0 Å². The average Bonchev–Trinajstić information content (AvgIpc) is 3.22. The first-order valence-corrected chi connectivity index (χ1v) is 24.3. The molecule has 58 heavy (non-hydrogen) atoms.